The van der Waals surface area contributed by atoms with E-state index in [1.165, 1.54) is 11.3 Å². The van der Waals surface area contributed by atoms with Crippen molar-refractivity contribution in [2.75, 3.05) is 6.54 Å². The van der Waals surface area contributed by atoms with Gasteiger partial charge in [0, 0.05) is 24.7 Å². The molecule has 2 aromatic heterocycles. The van der Waals surface area contributed by atoms with Crippen LogP contribution in [0.15, 0.2) is 29.1 Å². The first-order chi connectivity index (χ1) is 15.4. The lowest BCUT2D eigenvalue weighted by Crippen LogP contribution is -2.39. The molecule has 1 aliphatic heterocycles. The molecule has 0 spiro atoms. The maximum Gasteiger partial charge on any atom is 0.261 e. The van der Waals surface area contributed by atoms with Gasteiger partial charge in [-0.15, -0.1) is 11.3 Å². The molecule has 0 bridgehead atoms. The standard InChI is InChI=1S/C24H26N4O3S/c1-13-19-21(29)25-14(2)26-23(19)32-20(13)22(30)27-17-9-7-15(8-10-17)11-28-12-16-5-3-4-6-18(16)24(28)31/h3-6,15,17H,7-12H2,1-2H3,(H,27,30)(H,25,26,29). The monoisotopic (exact) mass is 450 g/mol. The van der Waals surface area contributed by atoms with Gasteiger partial charge in [0.2, 0.25) is 0 Å². The predicted octanol–water partition coefficient (Wildman–Crippen LogP) is 3.55. The maximum atomic E-state index is 12.9. The highest BCUT2D eigenvalue weighted by atomic mass is 32.1. The van der Waals surface area contributed by atoms with E-state index in [0.717, 1.165) is 43.4 Å². The van der Waals surface area contributed by atoms with E-state index >= 15 is 0 Å². The van der Waals surface area contributed by atoms with Crippen molar-refractivity contribution in [1.29, 1.82) is 0 Å². The Labute approximate surface area is 189 Å². The predicted molar refractivity (Wildman–Crippen MR) is 124 cm³/mol. The second-order valence-electron chi connectivity index (χ2n) is 8.92. The van der Waals surface area contributed by atoms with E-state index in [1.807, 2.05) is 36.1 Å². The first-order valence-electron chi connectivity index (χ1n) is 11.1. The number of fused-ring (bicyclic) bond motifs is 2. The average molecular weight is 451 g/mol. The number of rotatable bonds is 4. The van der Waals surface area contributed by atoms with Gasteiger partial charge in [0.25, 0.3) is 17.4 Å². The summed E-state index contributed by atoms with van der Waals surface area (Å²) in [5.41, 5.74) is 2.44. The van der Waals surface area contributed by atoms with Crippen molar-refractivity contribution in [2.45, 2.75) is 52.1 Å². The van der Waals surface area contributed by atoms with Crippen LogP contribution >= 0.6 is 11.3 Å². The number of H-pyrrole nitrogens is 1. The number of thiophene rings is 1. The van der Waals surface area contributed by atoms with Crippen molar-refractivity contribution < 1.29 is 9.59 Å². The number of carbonyl (C=O) groups is 2. The molecule has 1 aliphatic carbocycles. The fraction of sp³-hybridized carbons (Fsp3) is 0.417. The van der Waals surface area contributed by atoms with E-state index in [2.05, 4.69) is 15.3 Å². The summed E-state index contributed by atoms with van der Waals surface area (Å²) in [6.45, 7) is 5.02. The number of nitrogens with zero attached hydrogens (tertiary/aromatic N) is 2. The maximum absolute atomic E-state index is 12.9. The zero-order valence-corrected chi connectivity index (χ0v) is 19.1. The van der Waals surface area contributed by atoms with Crippen LogP contribution in [-0.2, 0) is 6.54 Å². The van der Waals surface area contributed by atoms with E-state index in [0.29, 0.717) is 38.9 Å². The van der Waals surface area contributed by atoms with E-state index in [4.69, 9.17) is 0 Å². The summed E-state index contributed by atoms with van der Waals surface area (Å²) < 4.78 is 0. The number of carbonyl (C=O) groups excluding carboxylic acids is 2. The molecule has 8 heteroatoms. The van der Waals surface area contributed by atoms with Crippen LogP contribution in [0.2, 0.25) is 0 Å². The van der Waals surface area contributed by atoms with Crippen LogP contribution < -0.4 is 10.9 Å². The molecule has 3 aromatic rings. The molecule has 166 valence electrons. The SMILES string of the molecule is Cc1nc2sc(C(=O)NC3CCC(CN4Cc5ccccc5C4=O)CC3)c(C)c2c(=O)[nH]1. The molecule has 5 rings (SSSR count). The summed E-state index contributed by atoms with van der Waals surface area (Å²) in [5.74, 6) is 1.01. The largest absolute Gasteiger partial charge is 0.349 e. The number of aromatic amines is 1. The summed E-state index contributed by atoms with van der Waals surface area (Å²) in [6.07, 6.45) is 3.76. The highest BCUT2D eigenvalue weighted by Gasteiger charge is 2.31. The molecule has 1 saturated carbocycles. The minimum Gasteiger partial charge on any atom is -0.349 e. The van der Waals surface area contributed by atoms with E-state index in [1.54, 1.807) is 6.92 Å². The smallest absolute Gasteiger partial charge is 0.261 e. The zero-order valence-electron chi connectivity index (χ0n) is 18.2. The Bertz CT molecular complexity index is 1270. The van der Waals surface area contributed by atoms with Gasteiger partial charge in [0.05, 0.1) is 10.3 Å². The Kier molecular flexibility index (Phi) is 5.33. The molecule has 1 fully saturated rings. The van der Waals surface area contributed by atoms with Gasteiger partial charge in [0.1, 0.15) is 10.7 Å². The van der Waals surface area contributed by atoms with Crippen LogP contribution in [0.5, 0.6) is 0 Å². The van der Waals surface area contributed by atoms with Crippen molar-refractivity contribution in [3.63, 3.8) is 0 Å². The van der Waals surface area contributed by atoms with Crippen LogP contribution in [0.4, 0.5) is 0 Å². The third-order valence-corrected chi connectivity index (χ3v) is 7.87. The van der Waals surface area contributed by atoms with Crippen LogP contribution in [0.3, 0.4) is 0 Å². The second kappa shape index (κ2) is 8.16. The summed E-state index contributed by atoms with van der Waals surface area (Å²) in [7, 11) is 0. The molecule has 2 aliphatic rings. The molecular weight excluding hydrogens is 424 g/mol. The molecule has 7 nitrogen and oxygen atoms in total. The fourth-order valence-corrected chi connectivity index (χ4v) is 6.11. The van der Waals surface area contributed by atoms with E-state index < -0.39 is 0 Å². The summed E-state index contributed by atoms with van der Waals surface area (Å²) >= 11 is 1.28. The van der Waals surface area contributed by atoms with Crippen LogP contribution in [-0.4, -0.2) is 39.3 Å². The first-order valence-corrected chi connectivity index (χ1v) is 11.9. The van der Waals surface area contributed by atoms with Gasteiger partial charge in [-0.2, -0.15) is 0 Å². The zero-order chi connectivity index (χ0) is 22.4. The normalized spacial score (nSPS) is 20.6. The van der Waals surface area contributed by atoms with Crippen molar-refractivity contribution in [3.05, 3.63) is 62.0 Å². The topological polar surface area (TPSA) is 95.2 Å². The van der Waals surface area contributed by atoms with Crippen LogP contribution in [0.25, 0.3) is 10.2 Å². The fourth-order valence-electron chi connectivity index (χ4n) is 4.98. The van der Waals surface area contributed by atoms with E-state index in [-0.39, 0.29) is 23.4 Å². The molecule has 0 unspecified atom stereocenters. The van der Waals surface area contributed by atoms with Crippen molar-refractivity contribution in [2.24, 2.45) is 5.92 Å². The number of hydrogen-bond donors (Lipinski definition) is 2. The molecule has 0 saturated heterocycles. The molecule has 2 N–H and O–H groups in total. The van der Waals surface area contributed by atoms with E-state index in [9.17, 15) is 14.4 Å². The van der Waals surface area contributed by atoms with Crippen LogP contribution in [0, 0.1) is 19.8 Å². The van der Waals surface area contributed by atoms with Gasteiger partial charge in [-0.1, -0.05) is 18.2 Å². The Hall–Kier alpha value is -3.00. The van der Waals surface area contributed by atoms with Crippen molar-refractivity contribution in [3.8, 4) is 0 Å². The highest BCUT2D eigenvalue weighted by molar-refractivity contribution is 7.20. The minimum absolute atomic E-state index is 0.114. The Morgan fingerprint density at radius 2 is 1.94 bits per heavy atom. The molecule has 3 heterocycles. The number of amides is 2. The molecule has 0 radical (unpaired) electrons. The number of benzene rings is 1. The quantitative estimate of drug-likeness (QED) is 0.636. The van der Waals surface area contributed by atoms with Gasteiger partial charge in [-0.05, 0) is 62.6 Å². The van der Waals surface area contributed by atoms with Crippen molar-refractivity contribution in [1.82, 2.24) is 20.2 Å². The molecule has 1 aromatic carbocycles. The van der Waals surface area contributed by atoms with Gasteiger partial charge in [0.15, 0.2) is 0 Å². The van der Waals surface area contributed by atoms with Crippen molar-refractivity contribution >= 4 is 33.4 Å². The number of nitrogens with one attached hydrogen (secondary N) is 2. The molecule has 2 amide bonds. The Morgan fingerprint density at radius 1 is 1.19 bits per heavy atom. The molecule has 0 atom stereocenters. The Morgan fingerprint density at radius 3 is 2.69 bits per heavy atom. The lowest BCUT2D eigenvalue weighted by Gasteiger charge is -2.31. The van der Waals surface area contributed by atoms with Gasteiger partial charge >= 0.3 is 0 Å². The minimum atomic E-state index is -0.195. The number of hydrogen-bond acceptors (Lipinski definition) is 5. The number of aromatic nitrogens is 2. The summed E-state index contributed by atoms with van der Waals surface area (Å²) in [6, 6.07) is 7.95. The first kappa shape index (κ1) is 20.9. The highest BCUT2D eigenvalue weighted by Crippen LogP contribution is 2.31. The summed E-state index contributed by atoms with van der Waals surface area (Å²) in [4.78, 5) is 48.1. The molecular formula is C24H26N4O3S. The van der Waals surface area contributed by atoms with Crippen LogP contribution in [0.1, 0.15) is 62.7 Å². The molecule has 32 heavy (non-hydrogen) atoms. The van der Waals surface area contributed by atoms with Gasteiger partial charge in [-0.25, -0.2) is 4.98 Å². The lowest BCUT2D eigenvalue weighted by atomic mass is 9.85. The average Bonchev–Trinajstić information content (AvgIpc) is 3.26. The second-order valence-corrected chi connectivity index (χ2v) is 9.92. The third-order valence-electron chi connectivity index (χ3n) is 6.68. The van der Waals surface area contributed by atoms with Gasteiger partial charge < -0.3 is 15.2 Å². The third kappa shape index (κ3) is 3.72. The van der Waals surface area contributed by atoms with Gasteiger partial charge in [-0.3, -0.25) is 14.4 Å². The lowest BCUT2D eigenvalue weighted by molar-refractivity contribution is 0.0732. The Balaban J connectivity index is 1.19. The number of aryl methyl sites for hydroxylation is 2. The summed E-state index contributed by atoms with van der Waals surface area (Å²) in [5, 5.41) is 3.66.